The molecule has 1 N–H and O–H groups in total. The van der Waals surface area contributed by atoms with E-state index in [4.69, 9.17) is 11.6 Å². The topological polar surface area (TPSA) is 67.2 Å². The summed E-state index contributed by atoms with van der Waals surface area (Å²) in [6.45, 7) is 0.239. The number of halogens is 4. The third-order valence-electron chi connectivity index (χ3n) is 5.42. The number of nitrogens with one attached hydrogen (secondary N) is 1. The highest BCUT2D eigenvalue weighted by Gasteiger charge is 2.41. The van der Waals surface area contributed by atoms with Crippen molar-refractivity contribution < 1.29 is 21.6 Å². The van der Waals surface area contributed by atoms with E-state index in [9.17, 15) is 21.6 Å². The predicted octanol–water partition coefficient (Wildman–Crippen LogP) is 4.36. The molecule has 2 heterocycles. The standard InChI is InChI=1S/C21H20ClF3N4O2S/c1-28-12-20(26-13-28)32(30,31)29-10-16(14-5-3-2-4-6-14)19(11-29)27-15-7-8-18(22)17(9-15)21(23,24)25/h2-9,12-13,16,19,27H,10-11H2,1H3. The van der Waals surface area contributed by atoms with Crippen molar-refractivity contribution in [3.8, 4) is 0 Å². The summed E-state index contributed by atoms with van der Waals surface area (Å²) in [6.07, 6.45) is -1.78. The van der Waals surface area contributed by atoms with E-state index in [1.165, 1.54) is 29.0 Å². The molecule has 1 saturated heterocycles. The molecule has 0 saturated carbocycles. The molecule has 170 valence electrons. The molecular weight excluding hydrogens is 465 g/mol. The highest BCUT2D eigenvalue weighted by Crippen LogP contribution is 2.38. The number of anilines is 1. The number of aromatic nitrogens is 2. The Morgan fingerprint density at radius 3 is 2.47 bits per heavy atom. The van der Waals surface area contributed by atoms with E-state index in [1.54, 1.807) is 11.6 Å². The first kappa shape index (κ1) is 22.6. The lowest BCUT2D eigenvalue weighted by molar-refractivity contribution is -0.137. The second kappa shape index (κ2) is 8.42. The summed E-state index contributed by atoms with van der Waals surface area (Å²) in [5.74, 6) is -0.278. The third-order valence-corrected chi connectivity index (χ3v) is 7.47. The number of hydrogen-bond donors (Lipinski definition) is 1. The summed E-state index contributed by atoms with van der Waals surface area (Å²) in [7, 11) is -2.19. The Bertz CT molecular complexity index is 1220. The molecule has 3 aromatic rings. The fourth-order valence-electron chi connectivity index (χ4n) is 3.85. The van der Waals surface area contributed by atoms with Gasteiger partial charge in [0.15, 0.2) is 5.03 Å². The zero-order valence-electron chi connectivity index (χ0n) is 16.9. The van der Waals surface area contributed by atoms with Crippen LogP contribution in [0.3, 0.4) is 0 Å². The number of alkyl halides is 3. The number of sulfonamides is 1. The molecule has 2 atom stereocenters. The van der Waals surface area contributed by atoms with Crippen LogP contribution in [0.5, 0.6) is 0 Å². The molecule has 2 unspecified atom stereocenters. The quantitative estimate of drug-likeness (QED) is 0.584. The SMILES string of the molecule is Cn1cnc(S(=O)(=O)N2CC(Nc3ccc(Cl)c(C(F)(F)F)c3)C(c3ccccc3)C2)c1. The van der Waals surface area contributed by atoms with Gasteiger partial charge in [0, 0.05) is 44.0 Å². The molecular formula is C21H20ClF3N4O2S. The van der Waals surface area contributed by atoms with Gasteiger partial charge < -0.3 is 9.88 Å². The summed E-state index contributed by atoms with van der Waals surface area (Å²) < 4.78 is 68.9. The maximum atomic E-state index is 13.3. The predicted molar refractivity (Wildman–Crippen MR) is 115 cm³/mol. The van der Waals surface area contributed by atoms with Crippen LogP contribution in [0, 0.1) is 0 Å². The van der Waals surface area contributed by atoms with Gasteiger partial charge >= 0.3 is 6.18 Å². The van der Waals surface area contributed by atoms with Crippen molar-refractivity contribution in [2.45, 2.75) is 23.2 Å². The lowest BCUT2D eigenvalue weighted by Gasteiger charge is -2.22. The minimum atomic E-state index is -4.60. The van der Waals surface area contributed by atoms with Crippen LogP contribution < -0.4 is 5.32 Å². The lowest BCUT2D eigenvalue weighted by atomic mass is 9.94. The fraction of sp³-hybridized carbons (Fsp3) is 0.286. The molecule has 6 nitrogen and oxygen atoms in total. The Balaban J connectivity index is 1.66. The number of aryl methyl sites for hydroxylation is 1. The maximum absolute atomic E-state index is 13.3. The largest absolute Gasteiger partial charge is 0.417 e. The minimum absolute atomic E-state index is 0.0710. The number of benzene rings is 2. The Hall–Kier alpha value is -2.56. The average molecular weight is 485 g/mol. The van der Waals surface area contributed by atoms with Crippen LogP contribution in [-0.2, 0) is 23.2 Å². The van der Waals surface area contributed by atoms with Crippen molar-refractivity contribution in [2.75, 3.05) is 18.4 Å². The number of nitrogens with zero attached hydrogens (tertiary/aromatic N) is 3. The summed E-state index contributed by atoms with van der Waals surface area (Å²) >= 11 is 5.73. The second-order valence-electron chi connectivity index (χ2n) is 7.66. The highest BCUT2D eigenvalue weighted by molar-refractivity contribution is 7.89. The van der Waals surface area contributed by atoms with E-state index < -0.39 is 32.8 Å². The van der Waals surface area contributed by atoms with E-state index in [1.807, 2.05) is 30.3 Å². The Labute approximate surface area is 188 Å². The molecule has 2 aromatic carbocycles. The van der Waals surface area contributed by atoms with Crippen LogP contribution >= 0.6 is 11.6 Å². The molecule has 0 spiro atoms. The van der Waals surface area contributed by atoms with E-state index >= 15 is 0 Å². The molecule has 11 heteroatoms. The van der Waals surface area contributed by atoms with Gasteiger partial charge in [0.05, 0.1) is 16.9 Å². The summed E-state index contributed by atoms with van der Waals surface area (Å²) in [5, 5.41) is 2.63. The Morgan fingerprint density at radius 1 is 1.12 bits per heavy atom. The number of rotatable bonds is 5. The van der Waals surface area contributed by atoms with Gasteiger partial charge in [-0.2, -0.15) is 17.5 Å². The van der Waals surface area contributed by atoms with Crippen LogP contribution in [0.15, 0.2) is 66.1 Å². The van der Waals surface area contributed by atoms with Gasteiger partial charge in [-0.15, -0.1) is 0 Å². The van der Waals surface area contributed by atoms with Crippen LogP contribution in [0.4, 0.5) is 18.9 Å². The van der Waals surface area contributed by atoms with Crippen LogP contribution in [-0.4, -0.2) is 41.4 Å². The first-order valence-electron chi connectivity index (χ1n) is 9.72. The summed E-state index contributed by atoms with van der Waals surface area (Å²) in [5.41, 5.74) is 0.148. The number of imidazole rings is 1. The molecule has 0 amide bonds. The zero-order valence-corrected chi connectivity index (χ0v) is 18.5. The van der Waals surface area contributed by atoms with Gasteiger partial charge in [0.2, 0.25) is 0 Å². The van der Waals surface area contributed by atoms with Gasteiger partial charge in [-0.05, 0) is 23.8 Å². The van der Waals surface area contributed by atoms with Crippen LogP contribution in [0.25, 0.3) is 0 Å². The van der Waals surface area contributed by atoms with Gasteiger partial charge in [0.1, 0.15) is 0 Å². The molecule has 0 aliphatic carbocycles. The van der Waals surface area contributed by atoms with Crippen LogP contribution in [0.1, 0.15) is 17.0 Å². The van der Waals surface area contributed by atoms with Crippen molar-refractivity contribution in [1.82, 2.24) is 13.9 Å². The van der Waals surface area contributed by atoms with Gasteiger partial charge in [-0.25, -0.2) is 13.4 Å². The summed E-state index contributed by atoms with van der Waals surface area (Å²) in [6, 6.07) is 12.4. The first-order chi connectivity index (χ1) is 15.1. The van der Waals surface area contributed by atoms with E-state index in [0.717, 1.165) is 11.6 Å². The van der Waals surface area contributed by atoms with Crippen molar-refractivity contribution >= 4 is 27.3 Å². The monoisotopic (exact) mass is 484 g/mol. The molecule has 1 aromatic heterocycles. The second-order valence-corrected chi connectivity index (χ2v) is 9.95. The molecule has 1 aliphatic heterocycles. The van der Waals surface area contributed by atoms with E-state index in [0.29, 0.717) is 0 Å². The minimum Gasteiger partial charge on any atom is -0.380 e. The van der Waals surface area contributed by atoms with E-state index in [2.05, 4.69) is 10.3 Å². The Kier molecular flexibility index (Phi) is 5.95. The first-order valence-corrected chi connectivity index (χ1v) is 11.5. The Morgan fingerprint density at radius 2 is 1.84 bits per heavy atom. The maximum Gasteiger partial charge on any atom is 0.417 e. The number of hydrogen-bond acceptors (Lipinski definition) is 4. The molecule has 0 radical (unpaired) electrons. The molecule has 1 fully saturated rings. The van der Waals surface area contributed by atoms with Crippen molar-refractivity contribution in [3.05, 3.63) is 77.2 Å². The summed E-state index contributed by atoms with van der Waals surface area (Å²) in [4.78, 5) is 3.96. The van der Waals surface area contributed by atoms with Crippen molar-refractivity contribution in [1.29, 1.82) is 0 Å². The molecule has 4 rings (SSSR count). The lowest BCUT2D eigenvalue weighted by Crippen LogP contribution is -2.32. The highest BCUT2D eigenvalue weighted by atomic mass is 35.5. The fourth-order valence-corrected chi connectivity index (χ4v) is 5.53. The van der Waals surface area contributed by atoms with Gasteiger partial charge in [0.25, 0.3) is 10.0 Å². The average Bonchev–Trinajstić information content (AvgIpc) is 3.36. The molecule has 1 aliphatic rings. The van der Waals surface area contributed by atoms with Crippen LogP contribution in [0.2, 0.25) is 5.02 Å². The molecule has 32 heavy (non-hydrogen) atoms. The normalized spacial score (nSPS) is 19.9. The third kappa shape index (κ3) is 4.48. The molecule has 0 bridgehead atoms. The van der Waals surface area contributed by atoms with Gasteiger partial charge in [-0.3, -0.25) is 0 Å². The van der Waals surface area contributed by atoms with Gasteiger partial charge in [-0.1, -0.05) is 41.9 Å². The van der Waals surface area contributed by atoms with Crippen molar-refractivity contribution in [3.63, 3.8) is 0 Å². The smallest absolute Gasteiger partial charge is 0.380 e. The zero-order chi connectivity index (χ0) is 23.1. The van der Waals surface area contributed by atoms with E-state index in [-0.39, 0.29) is 29.7 Å². The van der Waals surface area contributed by atoms with Crippen molar-refractivity contribution in [2.24, 2.45) is 7.05 Å².